The summed E-state index contributed by atoms with van der Waals surface area (Å²) in [6, 6.07) is 8.44. The van der Waals surface area contributed by atoms with E-state index in [2.05, 4.69) is 57.2 Å². The molecule has 20 heavy (non-hydrogen) atoms. The lowest BCUT2D eigenvalue weighted by Gasteiger charge is -2.06. The van der Waals surface area contributed by atoms with Crippen LogP contribution in [0.15, 0.2) is 43.0 Å². The Morgan fingerprint density at radius 3 is 3.10 bits per heavy atom. The number of hydrogen-bond donors (Lipinski definition) is 2. The Hall–Kier alpha value is -2.07. The van der Waals surface area contributed by atoms with Gasteiger partial charge < -0.3 is 14.9 Å². The highest BCUT2D eigenvalue weighted by Crippen LogP contribution is 2.17. The van der Waals surface area contributed by atoms with Gasteiger partial charge in [-0.15, -0.1) is 0 Å². The lowest BCUT2D eigenvalue weighted by molar-refractivity contribution is 0.628. The molecule has 0 amide bonds. The molecule has 4 nitrogen and oxygen atoms in total. The van der Waals surface area contributed by atoms with Crippen LogP contribution < -0.4 is 5.32 Å². The highest BCUT2D eigenvalue weighted by atomic mass is 15.1. The third-order valence-electron chi connectivity index (χ3n) is 3.69. The molecular weight excluding hydrogens is 248 g/mol. The minimum atomic E-state index is 0.871. The van der Waals surface area contributed by atoms with Crippen LogP contribution in [-0.2, 0) is 19.5 Å². The SMILES string of the molecule is CCn1cncc1CNCCc1c[nH]c2ccccc12. The molecule has 3 rings (SSSR count). The zero-order chi connectivity index (χ0) is 13.8. The van der Waals surface area contributed by atoms with E-state index in [9.17, 15) is 0 Å². The molecule has 0 unspecified atom stereocenters. The van der Waals surface area contributed by atoms with Crippen LogP contribution >= 0.6 is 0 Å². The molecule has 4 heteroatoms. The molecule has 2 heterocycles. The lowest BCUT2D eigenvalue weighted by Crippen LogP contribution is -2.18. The van der Waals surface area contributed by atoms with E-state index in [-0.39, 0.29) is 0 Å². The van der Waals surface area contributed by atoms with Gasteiger partial charge in [0.25, 0.3) is 0 Å². The summed E-state index contributed by atoms with van der Waals surface area (Å²) in [5.74, 6) is 0. The Balaban J connectivity index is 1.55. The van der Waals surface area contributed by atoms with Gasteiger partial charge in [-0.1, -0.05) is 18.2 Å². The van der Waals surface area contributed by atoms with E-state index in [0.717, 1.165) is 26.1 Å². The van der Waals surface area contributed by atoms with Gasteiger partial charge in [0.05, 0.1) is 12.0 Å². The quantitative estimate of drug-likeness (QED) is 0.675. The van der Waals surface area contributed by atoms with E-state index >= 15 is 0 Å². The van der Waals surface area contributed by atoms with Crippen LogP contribution in [-0.4, -0.2) is 21.1 Å². The number of hydrogen-bond acceptors (Lipinski definition) is 2. The Morgan fingerprint density at radius 1 is 1.30 bits per heavy atom. The van der Waals surface area contributed by atoms with E-state index in [1.807, 2.05) is 12.5 Å². The molecule has 3 aromatic rings. The van der Waals surface area contributed by atoms with Gasteiger partial charge in [-0.05, 0) is 31.5 Å². The second kappa shape index (κ2) is 5.92. The number of aryl methyl sites for hydroxylation is 1. The maximum atomic E-state index is 4.18. The first-order chi connectivity index (χ1) is 9.88. The minimum absolute atomic E-state index is 0.871. The third-order valence-corrected chi connectivity index (χ3v) is 3.69. The molecule has 0 aliphatic carbocycles. The number of aromatic amines is 1. The molecule has 2 aromatic heterocycles. The van der Waals surface area contributed by atoms with Crippen LogP contribution in [0.5, 0.6) is 0 Å². The molecule has 0 bridgehead atoms. The zero-order valence-electron chi connectivity index (χ0n) is 11.8. The van der Waals surface area contributed by atoms with Crippen molar-refractivity contribution in [3.05, 3.63) is 54.2 Å². The molecule has 0 aliphatic heterocycles. The van der Waals surface area contributed by atoms with Crippen molar-refractivity contribution in [1.29, 1.82) is 0 Å². The largest absolute Gasteiger partial charge is 0.361 e. The van der Waals surface area contributed by atoms with Crippen LogP contribution in [0.2, 0.25) is 0 Å². The number of H-pyrrole nitrogens is 1. The summed E-state index contributed by atoms with van der Waals surface area (Å²) >= 11 is 0. The normalized spacial score (nSPS) is 11.2. The minimum Gasteiger partial charge on any atom is -0.361 e. The number of fused-ring (bicyclic) bond motifs is 1. The van der Waals surface area contributed by atoms with Crippen molar-refractivity contribution in [3.8, 4) is 0 Å². The van der Waals surface area contributed by atoms with Crippen LogP contribution in [0.4, 0.5) is 0 Å². The Morgan fingerprint density at radius 2 is 2.20 bits per heavy atom. The second-order valence-corrected chi connectivity index (χ2v) is 4.96. The summed E-state index contributed by atoms with van der Waals surface area (Å²) in [6.45, 7) is 4.95. The van der Waals surface area contributed by atoms with Crippen molar-refractivity contribution in [2.24, 2.45) is 0 Å². The van der Waals surface area contributed by atoms with Crippen molar-refractivity contribution in [1.82, 2.24) is 19.9 Å². The molecular formula is C16H20N4. The molecule has 0 saturated carbocycles. The predicted octanol–water partition coefficient (Wildman–Crippen LogP) is 2.72. The van der Waals surface area contributed by atoms with Gasteiger partial charge in [-0.2, -0.15) is 0 Å². The van der Waals surface area contributed by atoms with Crippen LogP contribution in [0.3, 0.4) is 0 Å². The molecule has 0 aliphatic rings. The summed E-state index contributed by atoms with van der Waals surface area (Å²) in [7, 11) is 0. The fourth-order valence-electron chi connectivity index (χ4n) is 2.56. The van der Waals surface area contributed by atoms with Crippen molar-refractivity contribution >= 4 is 10.9 Å². The number of rotatable bonds is 6. The van der Waals surface area contributed by atoms with Gasteiger partial charge >= 0.3 is 0 Å². The first-order valence-electron chi connectivity index (χ1n) is 7.13. The molecule has 0 atom stereocenters. The molecule has 0 fully saturated rings. The number of imidazole rings is 1. The highest BCUT2D eigenvalue weighted by Gasteiger charge is 2.03. The smallest absolute Gasteiger partial charge is 0.0948 e. The van der Waals surface area contributed by atoms with Crippen LogP contribution in [0, 0.1) is 0 Å². The Kier molecular flexibility index (Phi) is 3.83. The van der Waals surface area contributed by atoms with Crippen LogP contribution in [0.25, 0.3) is 10.9 Å². The van der Waals surface area contributed by atoms with E-state index in [0.29, 0.717) is 0 Å². The summed E-state index contributed by atoms with van der Waals surface area (Å²) in [4.78, 5) is 7.50. The van der Waals surface area contributed by atoms with Gasteiger partial charge in [0, 0.05) is 36.4 Å². The Labute approximate surface area is 118 Å². The molecule has 0 spiro atoms. The van der Waals surface area contributed by atoms with E-state index < -0.39 is 0 Å². The Bertz CT molecular complexity index is 680. The van der Waals surface area contributed by atoms with Crippen molar-refractivity contribution < 1.29 is 0 Å². The van der Waals surface area contributed by atoms with Crippen molar-refractivity contribution in [2.45, 2.75) is 26.4 Å². The number of nitrogens with one attached hydrogen (secondary N) is 2. The maximum absolute atomic E-state index is 4.18. The third kappa shape index (κ3) is 2.60. The zero-order valence-corrected chi connectivity index (χ0v) is 11.8. The summed E-state index contributed by atoms with van der Waals surface area (Å²) in [5.41, 5.74) is 3.83. The van der Waals surface area contributed by atoms with E-state index in [1.165, 1.54) is 22.2 Å². The first-order valence-corrected chi connectivity index (χ1v) is 7.13. The summed E-state index contributed by atoms with van der Waals surface area (Å²) in [6.07, 6.45) is 6.96. The molecule has 1 aromatic carbocycles. The molecule has 104 valence electrons. The summed E-state index contributed by atoms with van der Waals surface area (Å²) < 4.78 is 2.17. The number of aromatic nitrogens is 3. The fraction of sp³-hybridized carbons (Fsp3) is 0.312. The maximum Gasteiger partial charge on any atom is 0.0948 e. The molecule has 0 saturated heterocycles. The van der Waals surface area contributed by atoms with E-state index in [4.69, 9.17) is 0 Å². The van der Waals surface area contributed by atoms with Gasteiger partial charge in [0.15, 0.2) is 0 Å². The number of benzene rings is 1. The fourth-order valence-corrected chi connectivity index (χ4v) is 2.56. The van der Waals surface area contributed by atoms with Gasteiger partial charge in [0.2, 0.25) is 0 Å². The van der Waals surface area contributed by atoms with Crippen molar-refractivity contribution in [2.75, 3.05) is 6.54 Å². The van der Waals surface area contributed by atoms with Gasteiger partial charge in [-0.25, -0.2) is 4.98 Å². The highest BCUT2D eigenvalue weighted by molar-refractivity contribution is 5.83. The topological polar surface area (TPSA) is 45.6 Å². The molecule has 0 radical (unpaired) electrons. The van der Waals surface area contributed by atoms with Gasteiger partial charge in [0.1, 0.15) is 0 Å². The lowest BCUT2D eigenvalue weighted by atomic mass is 10.1. The molecule has 2 N–H and O–H groups in total. The van der Waals surface area contributed by atoms with E-state index in [1.54, 1.807) is 0 Å². The van der Waals surface area contributed by atoms with Crippen molar-refractivity contribution in [3.63, 3.8) is 0 Å². The van der Waals surface area contributed by atoms with Crippen LogP contribution in [0.1, 0.15) is 18.2 Å². The monoisotopic (exact) mass is 268 g/mol. The average molecular weight is 268 g/mol. The summed E-state index contributed by atoms with van der Waals surface area (Å²) in [5, 5.41) is 4.82. The van der Waals surface area contributed by atoms with Gasteiger partial charge in [-0.3, -0.25) is 0 Å². The first kappa shape index (κ1) is 12.9. The predicted molar refractivity (Wildman–Crippen MR) is 81.6 cm³/mol. The standard InChI is InChI=1S/C16H20N4/c1-2-20-12-18-11-14(20)10-17-8-7-13-9-19-16-6-4-3-5-15(13)16/h3-6,9,11-12,17,19H,2,7-8,10H2,1H3. The number of para-hydroxylation sites is 1. The second-order valence-electron chi connectivity index (χ2n) is 4.96. The number of nitrogens with zero attached hydrogens (tertiary/aromatic N) is 2. The average Bonchev–Trinajstić information content (AvgIpc) is 3.10.